The summed E-state index contributed by atoms with van der Waals surface area (Å²) in [4.78, 5) is 37.8. The molecule has 1 unspecified atom stereocenters. The normalized spacial score (nSPS) is 12.8. The number of allylic oxidation sites excluding steroid dienone is 14. The van der Waals surface area contributed by atoms with Crippen molar-refractivity contribution in [3.63, 3.8) is 0 Å². The molecule has 0 aromatic rings. The number of hydrogen-bond acceptors (Lipinski definition) is 6. The lowest BCUT2D eigenvalue weighted by molar-refractivity contribution is -0.166. The predicted octanol–water partition coefficient (Wildman–Crippen LogP) is 16.0. The fourth-order valence-electron chi connectivity index (χ4n) is 6.41. The van der Waals surface area contributed by atoms with Crippen molar-refractivity contribution in [1.82, 2.24) is 0 Å². The fraction of sp³-hybridized carbons (Fsp3) is 0.685. The van der Waals surface area contributed by atoms with Crippen LogP contribution in [0.1, 0.15) is 220 Å². The molecular formula is C54H90O6. The van der Waals surface area contributed by atoms with Crippen LogP contribution < -0.4 is 0 Å². The summed E-state index contributed by atoms with van der Waals surface area (Å²) in [7, 11) is 0. The minimum absolute atomic E-state index is 0.119. The summed E-state index contributed by atoms with van der Waals surface area (Å²) >= 11 is 0. The molecule has 342 valence electrons. The van der Waals surface area contributed by atoms with Crippen molar-refractivity contribution >= 4 is 17.9 Å². The smallest absolute Gasteiger partial charge is 0.306 e. The van der Waals surface area contributed by atoms with Crippen LogP contribution in [0.2, 0.25) is 0 Å². The average molecular weight is 835 g/mol. The molecule has 0 aliphatic carbocycles. The zero-order chi connectivity index (χ0) is 43.7. The summed E-state index contributed by atoms with van der Waals surface area (Å²) in [6.45, 7) is 6.45. The number of esters is 3. The Balaban J connectivity index is 4.50. The first-order valence-electron chi connectivity index (χ1n) is 24.6. The summed E-state index contributed by atoms with van der Waals surface area (Å²) < 4.78 is 16.6. The van der Waals surface area contributed by atoms with Gasteiger partial charge in [0.15, 0.2) is 6.10 Å². The third-order valence-corrected chi connectivity index (χ3v) is 10.2. The third-order valence-electron chi connectivity index (χ3n) is 10.2. The topological polar surface area (TPSA) is 78.9 Å². The van der Waals surface area contributed by atoms with Crippen molar-refractivity contribution in [1.29, 1.82) is 0 Å². The van der Waals surface area contributed by atoms with Crippen molar-refractivity contribution in [2.24, 2.45) is 0 Å². The highest BCUT2D eigenvalue weighted by atomic mass is 16.6. The minimum atomic E-state index is -0.825. The largest absolute Gasteiger partial charge is 0.462 e. The number of ether oxygens (including phenoxy) is 3. The lowest BCUT2D eigenvalue weighted by Crippen LogP contribution is -2.30. The van der Waals surface area contributed by atoms with Crippen molar-refractivity contribution in [2.75, 3.05) is 13.2 Å². The van der Waals surface area contributed by atoms with Crippen LogP contribution in [-0.2, 0) is 28.6 Å². The Hall–Kier alpha value is -3.41. The zero-order valence-electron chi connectivity index (χ0n) is 38.9. The molecule has 0 aliphatic heterocycles. The molecule has 0 bridgehead atoms. The second-order valence-electron chi connectivity index (χ2n) is 16.1. The first kappa shape index (κ1) is 56.6. The molecule has 0 aromatic carbocycles. The van der Waals surface area contributed by atoms with Gasteiger partial charge in [-0.25, -0.2) is 0 Å². The summed E-state index contributed by atoms with van der Waals surface area (Å²) in [5.41, 5.74) is 0. The molecule has 0 N–H and O–H groups in total. The standard InChI is InChI=1S/C54H90O6/c1-4-7-10-13-16-19-22-24-25-26-27-28-30-32-35-38-41-44-47-53(56)59-50-51(49-58-52(55)46-43-40-37-34-31-21-18-15-12-9-6-3)60-54(57)48-45-42-39-36-33-29-23-20-17-14-11-8-5-2/h15,18,21-22,24-29,31,33,39,42,51H,4-14,16-17,19-20,23,30,32,34-38,40-41,43-50H2,1-3H3/b18-15-,24-22-,26-25-,28-27-,31-21-,33-29-,42-39-. The van der Waals surface area contributed by atoms with Gasteiger partial charge in [-0.05, 0) is 83.5 Å². The van der Waals surface area contributed by atoms with E-state index in [0.717, 1.165) is 89.9 Å². The van der Waals surface area contributed by atoms with Gasteiger partial charge >= 0.3 is 17.9 Å². The van der Waals surface area contributed by atoms with Gasteiger partial charge in [0.2, 0.25) is 0 Å². The van der Waals surface area contributed by atoms with Gasteiger partial charge in [-0.1, -0.05) is 202 Å². The van der Waals surface area contributed by atoms with Gasteiger partial charge in [0, 0.05) is 19.3 Å². The molecule has 0 heterocycles. The quantitative estimate of drug-likeness (QED) is 0.0200. The van der Waals surface area contributed by atoms with Crippen LogP contribution in [0, 0.1) is 0 Å². The summed E-state index contributed by atoms with van der Waals surface area (Å²) in [6.07, 6.45) is 61.5. The van der Waals surface area contributed by atoms with Gasteiger partial charge in [0.05, 0.1) is 0 Å². The molecule has 0 spiro atoms. The van der Waals surface area contributed by atoms with E-state index in [9.17, 15) is 14.4 Å². The van der Waals surface area contributed by atoms with Gasteiger partial charge in [-0.2, -0.15) is 0 Å². The number of carbonyl (C=O) groups is 3. The first-order valence-corrected chi connectivity index (χ1v) is 24.6. The van der Waals surface area contributed by atoms with Gasteiger partial charge < -0.3 is 14.2 Å². The van der Waals surface area contributed by atoms with E-state index in [1.165, 1.54) is 83.5 Å². The van der Waals surface area contributed by atoms with Crippen LogP contribution in [0.15, 0.2) is 85.1 Å². The highest BCUT2D eigenvalue weighted by Gasteiger charge is 2.19. The van der Waals surface area contributed by atoms with Crippen molar-refractivity contribution in [3.8, 4) is 0 Å². The number of unbranched alkanes of at least 4 members (excludes halogenated alkanes) is 21. The van der Waals surface area contributed by atoms with E-state index < -0.39 is 12.1 Å². The molecule has 0 amide bonds. The van der Waals surface area contributed by atoms with Gasteiger partial charge in [0.1, 0.15) is 13.2 Å². The summed E-state index contributed by atoms with van der Waals surface area (Å²) in [5.74, 6) is -1.04. The van der Waals surface area contributed by atoms with Crippen LogP contribution in [0.4, 0.5) is 0 Å². The van der Waals surface area contributed by atoms with E-state index in [-0.39, 0.29) is 31.6 Å². The molecule has 0 saturated heterocycles. The first-order chi connectivity index (χ1) is 29.5. The number of hydrogen-bond donors (Lipinski definition) is 0. The Labute approximate surface area is 369 Å². The number of rotatable bonds is 43. The van der Waals surface area contributed by atoms with Crippen molar-refractivity contribution in [3.05, 3.63) is 85.1 Å². The molecule has 1 atom stereocenters. The van der Waals surface area contributed by atoms with E-state index in [1.54, 1.807) is 0 Å². The van der Waals surface area contributed by atoms with Gasteiger partial charge in [-0.3, -0.25) is 14.4 Å². The van der Waals surface area contributed by atoms with Gasteiger partial charge in [0.25, 0.3) is 0 Å². The Morgan fingerprint density at radius 3 is 1.20 bits per heavy atom. The van der Waals surface area contributed by atoms with Crippen LogP contribution in [0.25, 0.3) is 0 Å². The van der Waals surface area contributed by atoms with Crippen LogP contribution in [0.5, 0.6) is 0 Å². The molecule has 0 rings (SSSR count). The van der Waals surface area contributed by atoms with E-state index in [2.05, 4.69) is 99.8 Å². The summed E-state index contributed by atoms with van der Waals surface area (Å²) in [6, 6.07) is 0. The maximum Gasteiger partial charge on any atom is 0.306 e. The Morgan fingerprint density at radius 1 is 0.350 bits per heavy atom. The molecule has 0 aliphatic rings. The molecular weight excluding hydrogens is 745 g/mol. The molecule has 60 heavy (non-hydrogen) atoms. The molecule has 0 fully saturated rings. The SMILES string of the molecule is CCCC/C=C\C=C/CCCCCC(=O)OCC(COC(=O)CCCCCCC\C=C/C=C\C=C/CCCCCCC)OC(=O)CC/C=C\C/C=C\CCCCCCCC. The predicted molar refractivity (Wildman–Crippen MR) is 256 cm³/mol. The van der Waals surface area contributed by atoms with E-state index in [0.29, 0.717) is 19.3 Å². The minimum Gasteiger partial charge on any atom is -0.462 e. The molecule has 0 aromatic heterocycles. The van der Waals surface area contributed by atoms with E-state index in [1.807, 2.05) is 6.08 Å². The number of carbonyl (C=O) groups excluding carboxylic acids is 3. The van der Waals surface area contributed by atoms with Crippen LogP contribution >= 0.6 is 0 Å². The highest BCUT2D eigenvalue weighted by molar-refractivity contribution is 5.71. The zero-order valence-corrected chi connectivity index (χ0v) is 38.9. The molecule has 0 saturated carbocycles. The fourth-order valence-corrected chi connectivity index (χ4v) is 6.41. The maximum absolute atomic E-state index is 12.7. The second kappa shape index (κ2) is 48.3. The monoisotopic (exact) mass is 835 g/mol. The van der Waals surface area contributed by atoms with E-state index >= 15 is 0 Å². The van der Waals surface area contributed by atoms with Crippen molar-refractivity contribution < 1.29 is 28.6 Å². The highest BCUT2D eigenvalue weighted by Crippen LogP contribution is 2.12. The Bertz CT molecular complexity index is 1190. The molecule has 0 radical (unpaired) electrons. The third kappa shape index (κ3) is 45.7. The van der Waals surface area contributed by atoms with E-state index in [4.69, 9.17) is 14.2 Å². The molecule has 6 nitrogen and oxygen atoms in total. The maximum atomic E-state index is 12.7. The Kier molecular flexibility index (Phi) is 45.5. The van der Waals surface area contributed by atoms with Gasteiger partial charge in [-0.15, -0.1) is 0 Å². The average Bonchev–Trinajstić information content (AvgIpc) is 3.24. The van der Waals surface area contributed by atoms with Crippen LogP contribution in [-0.4, -0.2) is 37.2 Å². The summed E-state index contributed by atoms with van der Waals surface area (Å²) in [5, 5.41) is 0. The molecule has 6 heteroatoms. The second-order valence-corrected chi connectivity index (χ2v) is 16.1. The Morgan fingerprint density at radius 2 is 0.717 bits per heavy atom. The lowest BCUT2D eigenvalue weighted by atomic mass is 10.1. The van der Waals surface area contributed by atoms with Crippen molar-refractivity contribution in [2.45, 2.75) is 226 Å². The lowest BCUT2D eigenvalue weighted by Gasteiger charge is -2.18. The van der Waals surface area contributed by atoms with Crippen LogP contribution in [0.3, 0.4) is 0 Å².